The molecule has 1 saturated heterocycles. The van der Waals surface area contributed by atoms with Gasteiger partial charge in [-0.1, -0.05) is 36.4 Å². The summed E-state index contributed by atoms with van der Waals surface area (Å²) in [4.78, 5) is 8.70. The zero-order valence-electron chi connectivity index (χ0n) is 18.6. The molecule has 0 unspecified atom stereocenters. The number of rotatable bonds is 9. The van der Waals surface area contributed by atoms with Gasteiger partial charge in [-0.2, -0.15) is 0 Å². The van der Waals surface area contributed by atoms with Crippen molar-refractivity contribution in [3.8, 4) is 0 Å². The average Bonchev–Trinajstić information content (AvgIpc) is 2.80. The molecule has 2 N–H and O–H groups in total. The van der Waals surface area contributed by atoms with Crippen LogP contribution in [0.4, 0.5) is 10.1 Å². The lowest BCUT2D eigenvalue weighted by Gasteiger charge is -2.27. The molecule has 2 aromatic rings. The van der Waals surface area contributed by atoms with Crippen molar-refractivity contribution in [2.75, 3.05) is 58.4 Å². The van der Waals surface area contributed by atoms with Gasteiger partial charge in [-0.3, -0.25) is 9.89 Å². The van der Waals surface area contributed by atoms with Gasteiger partial charge >= 0.3 is 0 Å². The van der Waals surface area contributed by atoms with Crippen molar-refractivity contribution in [3.05, 3.63) is 65.5 Å². The van der Waals surface area contributed by atoms with Crippen LogP contribution in [0.2, 0.25) is 0 Å². The fourth-order valence-electron chi connectivity index (χ4n) is 3.69. The van der Waals surface area contributed by atoms with Gasteiger partial charge in [-0.05, 0) is 29.7 Å². The number of nitrogens with zero attached hydrogens (tertiary/aromatic N) is 3. The first-order chi connectivity index (χ1) is 15.2. The quantitative estimate of drug-likeness (QED) is 0.366. The maximum absolute atomic E-state index is 13.9. The molecule has 31 heavy (non-hydrogen) atoms. The van der Waals surface area contributed by atoms with E-state index in [4.69, 9.17) is 4.74 Å². The van der Waals surface area contributed by atoms with Gasteiger partial charge in [0.05, 0.1) is 18.9 Å². The van der Waals surface area contributed by atoms with Crippen molar-refractivity contribution in [3.63, 3.8) is 0 Å². The molecule has 0 saturated carbocycles. The van der Waals surface area contributed by atoms with Crippen LogP contribution in [0, 0.1) is 5.82 Å². The van der Waals surface area contributed by atoms with Gasteiger partial charge < -0.3 is 20.3 Å². The van der Waals surface area contributed by atoms with Crippen LogP contribution in [0.15, 0.2) is 53.5 Å². The molecule has 7 heteroatoms. The molecule has 0 atom stereocenters. The number of ether oxygens (including phenoxy) is 1. The Morgan fingerprint density at radius 1 is 1.06 bits per heavy atom. The van der Waals surface area contributed by atoms with Crippen LogP contribution in [0.3, 0.4) is 0 Å². The summed E-state index contributed by atoms with van der Waals surface area (Å²) >= 11 is 0. The minimum Gasteiger partial charge on any atom is -0.379 e. The maximum atomic E-state index is 13.9. The minimum atomic E-state index is -0.189. The number of halogens is 1. The lowest BCUT2D eigenvalue weighted by molar-refractivity contribution is 0.0341. The van der Waals surface area contributed by atoms with Crippen LogP contribution in [0.5, 0.6) is 0 Å². The molecule has 0 bridgehead atoms. The molecule has 1 aliphatic rings. The number of hydrogen-bond donors (Lipinski definition) is 2. The Morgan fingerprint density at radius 3 is 2.52 bits per heavy atom. The SMILES string of the molecule is CN=C(NCCCN(C)c1ccccc1F)NCc1ccccc1CN1CCOCC1. The zero-order chi connectivity index (χ0) is 21.9. The summed E-state index contributed by atoms with van der Waals surface area (Å²) < 4.78 is 19.3. The van der Waals surface area contributed by atoms with E-state index >= 15 is 0 Å². The van der Waals surface area contributed by atoms with Crippen LogP contribution >= 0.6 is 0 Å². The summed E-state index contributed by atoms with van der Waals surface area (Å²) in [6, 6.07) is 15.4. The first-order valence-corrected chi connectivity index (χ1v) is 10.9. The van der Waals surface area contributed by atoms with Crippen molar-refractivity contribution >= 4 is 11.6 Å². The van der Waals surface area contributed by atoms with Crippen LogP contribution in [0.25, 0.3) is 0 Å². The highest BCUT2D eigenvalue weighted by atomic mass is 19.1. The molecule has 1 heterocycles. The maximum Gasteiger partial charge on any atom is 0.191 e. The predicted octanol–water partition coefficient (Wildman–Crippen LogP) is 2.85. The second kappa shape index (κ2) is 12.3. The number of aliphatic imine (C=N–C) groups is 1. The first-order valence-electron chi connectivity index (χ1n) is 10.9. The van der Waals surface area contributed by atoms with Gasteiger partial charge in [-0.15, -0.1) is 0 Å². The molecule has 168 valence electrons. The van der Waals surface area contributed by atoms with Crippen LogP contribution in [0.1, 0.15) is 17.5 Å². The lowest BCUT2D eigenvalue weighted by Crippen LogP contribution is -2.39. The van der Waals surface area contributed by atoms with E-state index in [-0.39, 0.29) is 5.82 Å². The molecular weight excluding hydrogens is 393 g/mol. The van der Waals surface area contributed by atoms with E-state index in [2.05, 4.69) is 44.8 Å². The third-order valence-electron chi connectivity index (χ3n) is 5.51. The number of para-hydroxylation sites is 1. The normalized spacial score (nSPS) is 15.0. The second-order valence-corrected chi connectivity index (χ2v) is 7.74. The monoisotopic (exact) mass is 427 g/mol. The fourth-order valence-corrected chi connectivity index (χ4v) is 3.69. The van der Waals surface area contributed by atoms with Gasteiger partial charge in [0.25, 0.3) is 0 Å². The number of benzene rings is 2. The molecular formula is C24H34FN5O. The van der Waals surface area contributed by atoms with Gasteiger partial charge in [0.2, 0.25) is 0 Å². The highest BCUT2D eigenvalue weighted by Crippen LogP contribution is 2.17. The molecule has 0 aromatic heterocycles. The molecule has 0 aliphatic carbocycles. The minimum absolute atomic E-state index is 0.189. The number of anilines is 1. The standard InChI is InChI=1S/C24H34FN5O/c1-26-24(27-12-7-13-29(2)23-11-6-5-10-22(23)25)28-18-20-8-3-4-9-21(20)19-30-14-16-31-17-15-30/h3-6,8-11H,7,12-19H2,1-2H3,(H2,26,27,28). The van der Waals surface area contributed by atoms with Crippen molar-refractivity contribution in [1.82, 2.24) is 15.5 Å². The van der Waals surface area contributed by atoms with E-state index in [1.807, 2.05) is 18.0 Å². The predicted molar refractivity (Wildman–Crippen MR) is 125 cm³/mol. The van der Waals surface area contributed by atoms with Crippen molar-refractivity contribution < 1.29 is 9.13 Å². The third-order valence-corrected chi connectivity index (χ3v) is 5.51. The second-order valence-electron chi connectivity index (χ2n) is 7.74. The van der Waals surface area contributed by atoms with Crippen molar-refractivity contribution in [1.29, 1.82) is 0 Å². The number of nitrogens with one attached hydrogen (secondary N) is 2. The lowest BCUT2D eigenvalue weighted by atomic mass is 10.1. The summed E-state index contributed by atoms with van der Waals surface area (Å²) in [6.45, 7) is 6.75. The Morgan fingerprint density at radius 2 is 1.77 bits per heavy atom. The van der Waals surface area contributed by atoms with E-state index in [0.29, 0.717) is 5.69 Å². The van der Waals surface area contributed by atoms with Gasteiger partial charge in [-0.25, -0.2) is 4.39 Å². The van der Waals surface area contributed by atoms with Gasteiger partial charge in [0.1, 0.15) is 5.82 Å². The first kappa shape index (κ1) is 23.0. The fraction of sp³-hybridized carbons (Fsp3) is 0.458. The molecule has 2 aromatic carbocycles. The van der Waals surface area contributed by atoms with Crippen molar-refractivity contribution in [2.24, 2.45) is 4.99 Å². The Labute approximate surface area is 185 Å². The Balaban J connectivity index is 1.43. The molecule has 6 nitrogen and oxygen atoms in total. The summed E-state index contributed by atoms with van der Waals surface area (Å²) in [5.74, 6) is 0.584. The molecule has 0 spiro atoms. The van der Waals surface area contributed by atoms with Crippen molar-refractivity contribution in [2.45, 2.75) is 19.5 Å². The summed E-state index contributed by atoms with van der Waals surface area (Å²) in [5, 5.41) is 6.77. The summed E-state index contributed by atoms with van der Waals surface area (Å²) in [6.07, 6.45) is 0.874. The Hall–Kier alpha value is -2.64. The molecule has 1 aliphatic heterocycles. The van der Waals surface area contributed by atoms with Gasteiger partial charge in [0.15, 0.2) is 5.96 Å². The molecule has 1 fully saturated rings. The topological polar surface area (TPSA) is 52.1 Å². The number of hydrogen-bond acceptors (Lipinski definition) is 4. The van der Waals surface area contributed by atoms with E-state index in [1.54, 1.807) is 19.2 Å². The third kappa shape index (κ3) is 7.22. The van der Waals surface area contributed by atoms with E-state index in [0.717, 1.165) is 64.9 Å². The zero-order valence-corrected chi connectivity index (χ0v) is 18.6. The molecule has 3 rings (SSSR count). The van der Waals surface area contributed by atoms with E-state index in [1.165, 1.54) is 17.2 Å². The van der Waals surface area contributed by atoms with E-state index < -0.39 is 0 Å². The molecule has 0 radical (unpaired) electrons. The smallest absolute Gasteiger partial charge is 0.191 e. The number of guanidine groups is 1. The largest absolute Gasteiger partial charge is 0.379 e. The van der Waals surface area contributed by atoms with Gasteiger partial charge in [0, 0.05) is 53.4 Å². The molecule has 0 amide bonds. The summed E-state index contributed by atoms with van der Waals surface area (Å²) in [5.41, 5.74) is 3.23. The van der Waals surface area contributed by atoms with Crippen LogP contribution in [-0.4, -0.2) is 64.3 Å². The average molecular weight is 428 g/mol. The van der Waals surface area contributed by atoms with Crippen LogP contribution in [-0.2, 0) is 17.8 Å². The van der Waals surface area contributed by atoms with E-state index in [9.17, 15) is 4.39 Å². The highest BCUT2D eigenvalue weighted by Gasteiger charge is 2.13. The number of morpholine rings is 1. The van der Waals surface area contributed by atoms with Crippen LogP contribution < -0.4 is 15.5 Å². The Bertz CT molecular complexity index is 838. The highest BCUT2D eigenvalue weighted by molar-refractivity contribution is 5.79. The Kier molecular flexibility index (Phi) is 9.12. The summed E-state index contributed by atoms with van der Waals surface area (Å²) in [7, 11) is 3.69.